The highest BCUT2D eigenvalue weighted by atomic mass is 32.2. The SMILES string of the molecule is Cc1[nH]nc(C(=O)N2CCC(C)CC2)c1S(N)(=O)=O. The number of aromatic nitrogens is 2. The van der Waals surface area contributed by atoms with Crippen LogP contribution in [0.3, 0.4) is 0 Å². The molecule has 19 heavy (non-hydrogen) atoms. The van der Waals surface area contributed by atoms with Gasteiger partial charge in [-0.25, -0.2) is 13.6 Å². The molecule has 0 aromatic carbocycles. The molecule has 2 heterocycles. The number of aryl methyl sites for hydroxylation is 1. The molecule has 0 radical (unpaired) electrons. The zero-order chi connectivity index (χ0) is 14.2. The zero-order valence-corrected chi connectivity index (χ0v) is 11.8. The number of hydrogen-bond acceptors (Lipinski definition) is 4. The minimum atomic E-state index is -3.96. The number of hydrogen-bond donors (Lipinski definition) is 2. The Morgan fingerprint density at radius 2 is 2.00 bits per heavy atom. The molecule has 1 amide bonds. The molecular formula is C11H18N4O3S. The number of amides is 1. The molecule has 0 aliphatic carbocycles. The van der Waals surface area contributed by atoms with E-state index in [-0.39, 0.29) is 22.2 Å². The van der Waals surface area contributed by atoms with Crippen molar-refractivity contribution in [1.82, 2.24) is 15.1 Å². The van der Waals surface area contributed by atoms with Crippen molar-refractivity contribution >= 4 is 15.9 Å². The van der Waals surface area contributed by atoms with E-state index in [1.165, 1.54) is 6.92 Å². The minimum absolute atomic E-state index is 0.102. The number of aromatic amines is 1. The molecule has 0 bridgehead atoms. The third kappa shape index (κ3) is 2.79. The molecule has 7 nitrogen and oxygen atoms in total. The lowest BCUT2D eigenvalue weighted by Gasteiger charge is -2.29. The Bertz CT molecular complexity index is 585. The fourth-order valence-corrected chi connectivity index (χ4v) is 3.15. The van der Waals surface area contributed by atoms with Gasteiger partial charge in [0.05, 0.1) is 5.69 Å². The van der Waals surface area contributed by atoms with Gasteiger partial charge in [0.1, 0.15) is 4.90 Å². The Balaban J connectivity index is 2.30. The number of nitrogens with zero attached hydrogens (tertiary/aromatic N) is 2. The molecule has 1 aliphatic rings. The summed E-state index contributed by atoms with van der Waals surface area (Å²) in [7, 11) is -3.96. The summed E-state index contributed by atoms with van der Waals surface area (Å²) >= 11 is 0. The lowest BCUT2D eigenvalue weighted by atomic mass is 9.99. The first kappa shape index (κ1) is 14.0. The maximum atomic E-state index is 12.3. The van der Waals surface area contributed by atoms with Crippen LogP contribution in [0.25, 0.3) is 0 Å². The molecule has 2 rings (SSSR count). The van der Waals surface area contributed by atoms with E-state index in [2.05, 4.69) is 17.1 Å². The number of rotatable bonds is 2. The summed E-state index contributed by atoms with van der Waals surface area (Å²) < 4.78 is 23.0. The fraction of sp³-hybridized carbons (Fsp3) is 0.636. The maximum Gasteiger partial charge on any atom is 0.275 e. The van der Waals surface area contributed by atoms with Crippen molar-refractivity contribution < 1.29 is 13.2 Å². The van der Waals surface area contributed by atoms with Crippen molar-refractivity contribution in [2.75, 3.05) is 13.1 Å². The minimum Gasteiger partial charge on any atom is -0.337 e. The molecule has 0 saturated carbocycles. The second kappa shape index (κ2) is 4.93. The summed E-state index contributed by atoms with van der Waals surface area (Å²) in [6.45, 7) is 4.91. The van der Waals surface area contributed by atoms with E-state index in [1.54, 1.807) is 4.90 Å². The highest BCUT2D eigenvalue weighted by Crippen LogP contribution is 2.21. The molecular weight excluding hydrogens is 268 g/mol. The Morgan fingerprint density at radius 3 is 2.53 bits per heavy atom. The van der Waals surface area contributed by atoms with Crippen molar-refractivity contribution in [2.45, 2.75) is 31.6 Å². The first-order valence-electron chi connectivity index (χ1n) is 6.17. The average Bonchev–Trinajstić information content (AvgIpc) is 2.71. The molecule has 1 aromatic rings. The van der Waals surface area contributed by atoms with Crippen LogP contribution in [0.2, 0.25) is 0 Å². The van der Waals surface area contributed by atoms with Gasteiger partial charge in [0.2, 0.25) is 10.0 Å². The summed E-state index contributed by atoms with van der Waals surface area (Å²) in [5, 5.41) is 11.5. The molecule has 1 fully saturated rings. The summed E-state index contributed by atoms with van der Waals surface area (Å²) in [4.78, 5) is 13.7. The van der Waals surface area contributed by atoms with Gasteiger partial charge in [-0.3, -0.25) is 9.89 Å². The molecule has 3 N–H and O–H groups in total. The number of likely N-dealkylation sites (tertiary alicyclic amines) is 1. The molecule has 0 unspecified atom stereocenters. The summed E-state index contributed by atoms with van der Waals surface area (Å²) in [5.74, 6) is 0.211. The van der Waals surface area contributed by atoms with Gasteiger partial charge in [0.25, 0.3) is 5.91 Å². The van der Waals surface area contributed by atoms with Crippen molar-refractivity contribution in [3.8, 4) is 0 Å². The Hall–Kier alpha value is -1.41. The number of carbonyl (C=O) groups excluding carboxylic acids is 1. The van der Waals surface area contributed by atoms with Gasteiger partial charge >= 0.3 is 0 Å². The van der Waals surface area contributed by atoms with E-state index in [9.17, 15) is 13.2 Å². The molecule has 1 aromatic heterocycles. The normalized spacial score (nSPS) is 17.7. The van der Waals surface area contributed by atoms with Gasteiger partial charge in [-0.2, -0.15) is 5.10 Å². The van der Waals surface area contributed by atoms with Gasteiger partial charge in [-0.15, -0.1) is 0 Å². The van der Waals surface area contributed by atoms with E-state index in [1.807, 2.05) is 0 Å². The number of carbonyl (C=O) groups is 1. The average molecular weight is 286 g/mol. The van der Waals surface area contributed by atoms with Gasteiger partial charge in [-0.05, 0) is 25.7 Å². The molecule has 8 heteroatoms. The summed E-state index contributed by atoms with van der Waals surface area (Å²) in [6.07, 6.45) is 1.83. The molecule has 0 atom stereocenters. The number of sulfonamides is 1. The molecule has 106 valence electrons. The quantitative estimate of drug-likeness (QED) is 0.811. The number of primary sulfonamides is 1. The first-order valence-corrected chi connectivity index (χ1v) is 7.72. The second-order valence-electron chi connectivity index (χ2n) is 5.05. The highest BCUT2D eigenvalue weighted by molar-refractivity contribution is 7.89. The van der Waals surface area contributed by atoms with Gasteiger partial charge < -0.3 is 4.90 Å². The van der Waals surface area contributed by atoms with Gasteiger partial charge in [0, 0.05) is 13.1 Å². The standard InChI is InChI=1S/C11H18N4O3S/c1-7-3-5-15(6-4-7)11(16)9-10(19(12,17)18)8(2)13-14-9/h7H,3-6H2,1-2H3,(H,13,14)(H2,12,17,18). The van der Waals surface area contributed by atoms with Crippen molar-refractivity contribution in [1.29, 1.82) is 0 Å². The first-order chi connectivity index (χ1) is 8.80. The van der Waals surface area contributed by atoms with Crippen LogP contribution in [-0.4, -0.2) is 42.5 Å². The number of nitrogens with one attached hydrogen (secondary N) is 1. The Morgan fingerprint density at radius 1 is 1.42 bits per heavy atom. The maximum absolute atomic E-state index is 12.3. The van der Waals surface area contributed by atoms with E-state index >= 15 is 0 Å². The topological polar surface area (TPSA) is 109 Å². The van der Waals surface area contributed by atoms with Crippen LogP contribution < -0.4 is 5.14 Å². The Kier molecular flexibility index (Phi) is 3.64. The smallest absolute Gasteiger partial charge is 0.275 e. The number of nitrogens with two attached hydrogens (primary N) is 1. The van der Waals surface area contributed by atoms with Gasteiger partial charge in [0.15, 0.2) is 5.69 Å². The zero-order valence-electron chi connectivity index (χ0n) is 11.0. The van der Waals surface area contributed by atoms with E-state index in [4.69, 9.17) is 5.14 Å². The third-order valence-electron chi connectivity index (χ3n) is 3.45. The van der Waals surface area contributed by atoms with Crippen LogP contribution in [0.5, 0.6) is 0 Å². The van der Waals surface area contributed by atoms with Crippen LogP contribution in [0.15, 0.2) is 4.90 Å². The molecule has 0 spiro atoms. The van der Waals surface area contributed by atoms with Crippen LogP contribution in [-0.2, 0) is 10.0 Å². The second-order valence-corrected chi connectivity index (χ2v) is 6.54. The van der Waals surface area contributed by atoms with Crippen LogP contribution in [0.4, 0.5) is 0 Å². The van der Waals surface area contributed by atoms with Crippen molar-refractivity contribution in [3.05, 3.63) is 11.4 Å². The summed E-state index contributed by atoms with van der Waals surface area (Å²) in [6, 6.07) is 0. The predicted molar refractivity (Wildman–Crippen MR) is 69.0 cm³/mol. The number of piperidine rings is 1. The van der Waals surface area contributed by atoms with E-state index in [0.717, 1.165) is 12.8 Å². The van der Waals surface area contributed by atoms with Crippen molar-refractivity contribution in [2.24, 2.45) is 11.1 Å². The highest BCUT2D eigenvalue weighted by Gasteiger charge is 2.30. The fourth-order valence-electron chi connectivity index (χ4n) is 2.27. The van der Waals surface area contributed by atoms with Crippen LogP contribution >= 0.6 is 0 Å². The third-order valence-corrected chi connectivity index (χ3v) is 4.52. The predicted octanol–water partition coefficient (Wildman–Crippen LogP) is 0.238. The Labute approximate surface area is 112 Å². The van der Waals surface area contributed by atoms with Gasteiger partial charge in [-0.1, -0.05) is 6.92 Å². The number of H-pyrrole nitrogens is 1. The summed E-state index contributed by atoms with van der Waals surface area (Å²) in [5.41, 5.74) is 0.186. The van der Waals surface area contributed by atoms with Crippen molar-refractivity contribution in [3.63, 3.8) is 0 Å². The van der Waals surface area contributed by atoms with E-state index in [0.29, 0.717) is 19.0 Å². The van der Waals surface area contributed by atoms with Crippen LogP contribution in [0.1, 0.15) is 35.9 Å². The lowest BCUT2D eigenvalue weighted by molar-refractivity contribution is 0.0687. The van der Waals surface area contributed by atoms with Crippen LogP contribution in [0, 0.1) is 12.8 Å². The monoisotopic (exact) mass is 286 g/mol. The molecule has 1 saturated heterocycles. The largest absolute Gasteiger partial charge is 0.337 e. The lowest BCUT2D eigenvalue weighted by Crippen LogP contribution is -2.38. The van der Waals surface area contributed by atoms with E-state index < -0.39 is 10.0 Å². The molecule has 1 aliphatic heterocycles.